The molecule has 250 valence electrons. The third-order valence-corrected chi connectivity index (χ3v) is 11.1. The van der Waals surface area contributed by atoms with E-state index in [1.165, 1.54) is 66.1 Å². The first-order valence-corrected chi connectivity index (χ1v) is 18.3. The highest BCUT2D eigenvalue weighted by Gasteiger charge is 2.37. The third-order valence-electron chi connectivity index (χ3n) is 11.1. The largest absolute Gasteiger partial charge is 0.228 e. The van der Waals surface area contributed by atoms with Crippen molar-refractivity contribution in [2.75, 3.05) is 0 Å². The minimum absolute atomic E-state index is 0.130. The third kappa shape index (κ3) is 5.18. The lowest BCUT2D eigenvalue weighted by molar-refractivity contribution is 0.661. The van der Waals surface area contributed by atoms with E-state index in [0.717, 1.165) is 33.9 Å². The monoisotopic (exact) mass is 676 g/mol. The van der Waals surface area contributed by atoms with E-state index >= 15 is 0 Å². The lowest BCUT2D eigenvalue weighted by atomic mass is 9.81. The highest BCUT2D eigenvalue weighted by atomic mass is 14.9. The zero-order valence-corrected chi connectivity index (χ0v) is 29.7. The molecule has 0 fully saturated rings. The highest BCUT2D eigenvalue weighted by molar-refractivity contribution is 6.05. The maximum atomic E-state index is 5.23. The summed E-state index contributed by atoms with van der Waals surface area (Å²) >= 11 is 0. The average molecular weight is 677 g/mol. The SMILES string of the molecule is CC1(C)c2cc(-c3ccc(-c4cc(-c5ccc6ccccc6c5)nc(-c5ccccc5)n4)c4ccccc34)ccc2-c2c(-c3ccccc3)cccc21. The van der Waals surface area contributed by atoms with Gasteiger partial charge in [-0.05, 0) is 84.3 Å². The predicted octanol–water partition coefficient (Wildman–Crippen LogP) is 13.4. The van der Waals surface area contributed by atoms with Gasteiger partial charge >= 0.3 is 0 Å². The summed E-state index contributed by atoms with van der Waals surface area (Å²) in [5, 5.41) is 4.78. The van der Waals surface area contributed by atoms with Crippen LogP contribution in [0.3, 0.4) is 0 Å². The van der Waals surface area contributed by atoms with Crippen molar-refractivity contribution in [1.82, 2.24) is 9.97 Å². The van der Waals surface area contributed by atoms with E-state index in [4.69, 9.17) is 9.97 Å². The molecular formula is C51H36N2. The Kier molecular flexibility index (Phi) is 7.19. The summed E-state index contributed by atoms with van der Waals surface area (Å²) in [6, 6.07) is 65.4. The Morgan fingerprint density at radius 3 is 1.77 bits per heavy atom. The van der Waals surface area contributed by atoms with Crippen molar-refractivity contribution in [3.05, 3.63) is 193 Å². The lowest BCUT2D eigenvalue weighted by Gasteiger charge is -2.22. The average Bonchev–Trinajstić information content (AvgIpc) is 3.46. The van der Waals surface area contributed by atoms with Gasteiger partial charge in [0, 0.05) is 22.1 Å². The smallest absolute Gasteiger partial charge is 0.160 e. The second-order valence-corrected chi connectivity index (χ2v) is 14.6. The Balaban J connectivity index is 1.12. The predicted molar refractivity (Wildman–Crippen MR) is 222 cm³/mol. The van der Waals surface area contributed by atoms with Gasteiger partial charge in [0.1, 0.15) is 0 Å². The molecule has 2 heteroatoms. The fourth-order valence-electron chi connectivity index (χ4n) is 8.39. The minimum Gasteiger partial charge on any atom is -0.228 e. The first-order chi connectivity index (χ1) is 26.0. The van der Waals surface area contributed by atoms with Gasteiger partial charge < -0.3 is 0 Å². The van der Waals surface area contributed by atoms with Crippen LogP contribution < -0.4 is 0 Å². The summed E-state index contributed by atoms with van der Waals surface area (Å²) in [5.74, 6) is 0.717. The molecule has 0 saturated carbocycles. The van der Waals surface area contributed by atoms with Crippen LogP contribution in [-0.4, -0.2) is 9.97 Å². The zero-order chi connectivity index (χ0) is 35.5. The Labute approximate surface area is 310 Å². The quantitative estimate of drug-likeness (QED) is 0.181. The van der Waals surface area contributed by atoms with Gasteiger partial charge in [-0.15, -0.1) is 0 Å². The standard InChI is InChI=1S/C51H36N2/c1-51(2)45-23-13-22-40(34-15-5-3-6-16-34)49(45)44-27-26-37(31-46(44)51)39-28-29-43(42-21-12-11-20-41(39)42)48-32-47(52-50(53-48)35-17-7-4-8-18-35)38-25-24-33-14-9-10-19-36(33)30-38/h3-32H,1-2H3. The molecule has 8 aromatic carbocycles. The summed E-state index contributed by atoms with van der Waals surface area (Å²) in [4.78, 5) is 10.4. The Bertz CT molecular complexity index is 2850. The van der Waals surface area contributed by atoms with Gasteiger partial charge in [-0.1, -0.05) is 178 Å². The Hall–Kier alpha value is -6.64. The fraction of sp³-hybridized carbons (Fsp3) is 0.0588. The van der Waals surface area contributed by atoms with Crippen molar-refractivity contribution in [3.63, 3.8) is 0 Å². The van der Waals surface area contributed by atoms with Crippen molar-refractivity contribution in [1.29, 1.82) is 0 Å². The molecule has 0 amide bonds. The normalized spacial score (nSPS) is 12.9. The van der Waals surface area contributed by atoms with Crippen LogP contribution in [0.1, 0.15) is 25.0 Å². The van der Waals surface area contributed by atoms with E-state index in [1.807, 2.05) is 18.2 Å². The molecule has 0 N–H and O–H groups in total. The Morgan fingerprint density at radius 2 is 0.981 bits per heavy atom. The molecule has 9 aromatic rings. The molecule has 10 rings (SSSR count). The molecule has 0 atom stereocenters. The van der Waals surface area contributed by atoms with E-state index < -0.39 is 0 Å². The summed E-state index contributed by atoms with van der Waals surface area (Å²) in [6.07, 6.45) is 0. The zero-order valence-electron chi connectivity index (χ0n) is 29.7. The molecule has 1 heterocycles. The van der Waals surface area contributed by atoms with Crippen molar-refractivity contribution < 1.29 is 0 Å². The van der Waals surface area contributed by atoms with Crippen LogP contribution in [0.5, 0.6) is 0 Å². The fourth-order valence-corrected chi connectivity index (χ4v) is 8.39. The lowest BCUT2D eigenvalue weighted by Crippen LogP contribution is -2.15. The van der Waals surface area contributed by atoms with Gasteiger partial charge in [-0.3, -0.25) is 0 Å². The van der Waals surface area contributed by atoms with Crippen LogP contribution in [0.25, 0.3) is 88.8 Å². The minimum atomic E-state index is -0.130. The molecule has 1 aliphatic rings. The van der Waals surface area contributed by atoms with Crippen LogP contribution >= 0.6 is 0 Å². The molecule has 0 bridgehead atoms. The highest BCUT2D eigenvalue weighted by Crippen LogP contribution is 2.53. The van der Waals surface area contributed by atoms with Gasteiger partial charge in [-0.25, -0.2) is 9.97 Å². The maximum absolute atomic E-state index is 5.23. The maximum Gasteiger partial charge on any atom is 0.160 e. The molecule has 0 unspecified atom stereocenters. The molecule has 1 aromatic heterocycles. The van der Waals surface area contributed by atoms with Gasteiger partial charge in [0.25, 0.3) is 0 Å². The van der Waals surface area contributed by atoms with Crippen LogP contribution in [0.4, 0.5) is 0 Å². The number of fused-ring (bicyclic) bond motifs is 5. The first-order valence-electron chi connectivity index (χ1n) is 18.3. The van der Waals surface area contributed by atoms with Crippen LogP contribution in [0.2, 0.25) is 0 Å². The van der Waals surface area contributed by atoms with E-state index in [9.17, 15) is 0 Å². The second kappa shape index (κ2) is 12.3. The number of hydrogen-bond acceptors (Lipinski definition) is 2. The van der Waals surface area contributed by atoms with Gasteiger partial charge in [0.05, 0.1) is 11.4 Å². The van der Waals surface area contributed by atoms with Crippen molar-refractivity contribution in [3.8, 4) is 67.3 Å². The molecule has 0 spiro atoms. The molecule has 0 radical (unpaired) electrons. The number of rotatable bonds is 5. The number of aromatic nitrogens is 2. The summed E-state index contributed by atoms with van der Waals surface area (Å²) in [5.41, 5.74) is 15.2. The van der Waals surface area contributed by atoms with Gasteiger partial charge in [0.2, 0.25) is 0 Å². The number of nitrogens with zero attached hydrogens (tertiary/aromatic N) is 2. The van der Waals surface area contributed by atoms with Crippen LogP contribution in [0, 0.1) is 0 Å². The van der Waals surface area contributed by atoms with Crippen LogP contribution in [0.15, 0.2) is 182 Å². The van der Waals surface area contributed by atoms with E-state index in [-0.39, 0.29) is 5.41 Å². The first kappa shape index (κ1) is 31.1. The van der Waals surface area contributed by atoms with Crippen molar-refractivity contribution in [2.24, 2.45) is 0 Å². The van der Waals surface area contributed by atoms with Gasteiger partial charge in [-0.2, -0.15) is 0 Å². The second-order valence-electron chi connectivity index (χ2n) is 14.6. The number of benzene rings is 8. The summed E-state index contributed by atoms with van der Waals surface area (Å²) < 4.78 is 0. The van der Waals surface area contributed by atoms with Crippen molar-refractivity contribution in [2.45, 2.75) is 19.3 Å². The van der Waals surface area contributed by atoms with E-state index in [2.05, 4.69) is 178 Å². The van der Waals surface area contributed by atoms with E-state index in [0.29, 0.717) is 0 Å². The van der Waals surface area contributed by atoms with Crippen molar-refractivity contribution >= 4 is 21.5 Å². The van der Waals surface area contributed by atoms with Crippen LogP contribution in [-0.2, 0) is 5.41 Å². The molecule has 2 nitrogen and oxygen atoms in total. The summed E-state index contributed by atoms with van der Waals surface area (Å²) in [6.45, 7) is 4.73. The molecule has 53 heavy (non-hydrogen) atoms. The molecule has 0 saturated heterocycles. The molecule has 0 aliphatic heterocycles. The summed E-state index contributed by atoms with van der Waals surface area (Å²) in [7, 11) is 0. The molecular weight excluding hydrogens is 641 g/mol. The molecule has 1 aliphatic carbocycles. The Morgan fingerprint density at radius 1 is 0.358 bits per heavy atom. The van der Waals surface area contributed by atoms with E-state index in [1.54, 1.807) is 0 Å². The van der Waals surface area contributed by atoms with Gasteiger partial charge in [0.15, 0.2) is 5.82 Å². The number of hydrogen-bond donors (Lipinski definition) is 0. The topological polar surface area (TPSA) is 25.8 Å².